The van der Waals surface area contributed by atoms with Crippen molar-refractivity contribution in [3.8, 4) is 5.69 Å². The van der Waals surface area contributed by atoms with E-state index in [4.69, 9.17) is 11.6 Å². The monoisotopic (exact) mass is 220 g/mol. The number of halogens is 1. The average molecular weight is 221 g/mol. The minimum atomic E-state index is 0.696. The van der Waals surface area contributed by atoms with Crippen molar-refractivity contribution in [2.45, 2.75) is 20.8 Å². The summed E-state index contributed by atoms with van der Waals surface area (Å²) in [5.41, 5.74) is 4.23. The van der Waals surface area contributed by atoms with Crippen LogP contribution >= 0.6 is 11.6 Å². The molecule has 1 aromatic heterocycles. The van der Waals surface area contributed by atoms with Gasteiger partial charge in [-0.3, -0.25) is 0 Å². The molecule has 0 fully saturated rings. The third kappa shape index (κ3) is 1.65. The predicted octanol–water partition coefficient (Wildman–Crippen LogP) is 3.45. The van der Waals surface area contributed by atoms with Gasteiger partial charge in [-0.25, -0.2) is 4.68 Å². The highest BCUT2D eigenvalue weighted by Gasteiger charge is 2.11. The van der Waals surface area contributed by atoms with Gasteiger partial charge >= 0.3 is 0 Å². The first-order chi connectivity index (χ1) is 7.11. The molecule has 0 amide bonds. The Bertz CT molecular complexity index is 500. The smallest absolute Gasteiger partial charge is 0.136 e. The van der Waals surface area contributed by atoms with E-state index in [2.05, 4.69) is 18.1 Å². The molecule has 1 aromatic carbocycles. The van der Waals surface area contributed by atoms with Crippen molar-refractivity contribution in [3.05, 3.63) is 46.2 Å². The van der Waals surface area contributed by atoms with E-state index in [9.17, 15) is 0 Å². The Morgan fingerprint density at radius 1 is 1.13 bits per heavy atom. The van der Waals surface area contributed by atoms with E-state index in [0.717, 1.165) is 16.9 Å². The lowest BCUT2D eigenvalue weighted by atomic mass is 10.2. The van der Waals surface area contributed by atoms with E-state index in [1.807, 2.05) is 32.0 Å². The second-order valence-electron chi connectivity index (χ2n) is 3.70. The molecule has 0 saturated carbocycles. The number of hydrogen-bond donors (Lipinski definition) is 0. The molecule has 2 aromatic rings. The zero-order valence-corrected chi connectivity index (χ0v) is 9.84. The van der Waals surface area contributed by atoms with Crippen LogP contribution in [0.25, 0.3) is 5.69 Å². The first-order valence-corrected chi connectivity index (χ1v) is 5.27. The minimum absolute atomic E-state index is 0.696. The zero-order chi connectivity index (χ0) is 11.0. The van der Waals surface area contributed by atoms with Crippen LogP contribution in [0.1, 0.15) is 16.8 Å². The lowest BCUT2D eigenvalue weighted by Gasteiger charge is -2.06. The lowest BCUT2D eigenvalue weighted by molar-refractivity contribution is 0.856. The van der Waals surface area contributed by atoms with E-state index in [-0.39, 0.29) is 0 Å². The molecule has 0 spiro atoms. The van der Waals surface area contributed by atoms with Crippen molar-refractivity contribution in [1.29, 1.82) is 0 Å². The summed E-state index contributed by atoms with van der Waals surface area (Å²) >= 11 is 6.22. The molecule has 2 rings (SSSR count). The van der Waals surface area contributed by atoms with E-state index in [1.165, 1.54) is 5.56 Å². The second kappa shape index (κ2) is 3.70. The van der Waals surface area contributed by atoms with E-state index < -0.39 is 0 Å². The standard InChI is InChI=1S/C12H13ClN2/c1-8-6-4-5-7-11(8)15-12(13)9(2)10(3)14-15/h4-7H,1-3H3. The maximum absolute atomic E-state index is 6.22. The molecule has 0 aliphatic carbocycles. The fourth-order valence-electron chi connectivity index (χ4n) is 1.54. The fraction of sp³-hybridized carbons (Fsp3) is 0.250. The van der Waals surface area contributed by atoms with Crippen LogP contribution in [0.15, 0.2) is 24.3 Å². The molecule has 1 heterocycles. The Kier molecular flexibility index (Phi) is 2.53. The summed E-state index contributed by atoms with van der Waals surface area (Å²) < 4.78 is 1.79. The van der Waals surface area contributed by atoms with Gasteiger partial charge in [0.05, 0.1) is 11.4 Å². The third-order valence-electron chi connectivity index (χ3n) is 2.63. The van der Waals surface area contributed by atoms with Gasteiger partial charge in [-0.05, 0) is 32.4 Å². The van der Waals surface area contributed by atoms with Crippen LogP contribution in [0.2, 0.25) is 5.15 Å². The van der Waals surface area contributed by atoms with Crippen LogP contribution in [-0.2, 0) is 0 Å². The van der Waals surface area contributed by atoms with Gasteiger partial charge in [0.1, 0.15) is 5.15 Å². The minimum Gasteiger partial charge on any atom is -0.221 e. The number of aromatic nitrogens is 2. The molecule has 78 valence electrons. The normalized spacial score (nSPS) is 10.7. The van der Waals surface area contributed by atoms with Crippen LogP contribution in [0, 0.1) is 20.8 Å². The number of para-hydroxylation sites is 1. The topological polar surface area (TPSA) is 17.8 Å². The molecule has 0 unspecified atom stereocenters. The van der Waals surface area contributed by atoms with Gasteiger partial charge in [-0.2, -0.15) is 5.10 Å². The Labute approximate surface area is 94.5 Å². The summed E-state index contributed by atoms with van der Waals surface area (Å²) in [6, 6.07) is 8.08. The molecule has 0 bridgehead atoms. The Balaban J connectivity index is 2.65. The van der Waals surface area contributed by atoms with Gasteiger partial charge in [-0.1, -0.05) is 29.8 Å². The molecule has 3 heteroatoms. The maximum Gasteiger partial charge on any atom is 0.136 e. The Morgan fingerprint density at radius 3 is 2.33 bits per heavy atom. The Morgan fingerprint density at radius 2 is 1.80 bits per heavy atom. The highest BCUT2D eigenvalue weighted by atomic mass is 35.5. The van der Waals surface area contributed by atoms with Crippen molar-refractivity contribution in [1.82, 2.24) is 9.78 Å². The lowest BCUT2D eigenvalue weighted by Crippen LogP contribution is -1.99. The average Bonchev–Trinajstić information content (AvgIpc) is 2.47. The van der Waals surface area contributed by atoms with Gasteiger partial charge < -0.3 is 0 Å². The van der Waals surface area contributed by atoms with Crippen molar-refractivity contribution in [2.24, 2.45) is 0 Å². The molecule has 0 saturated heterocycles. The number of benzene rings is 1. The quantitative estimate of drug-likeness (QED) is 0.720. The molecule has 0 aliphatic heterocycles. The molecule has 0 radical (unpaired) electrons. The number of aryl methyl sites for hydroxylation is 2. The zero-order valence-electron chi connectivity index (χ0n) is 9.08. The largest absolute Gasteiger partial charge is 0.221 e. The number of nitrogens with zero attached hydrogens (tertiary/aromatic N) is 2. The molecule has 0 N–H and O–H groups in total. The number of hydrogen-bond acceptors (Lipinski definition) is 1. The van der Waals surface area contributed by atoms with E-state index >= 15 is 0 Å². The van der Waals surface area contributed by atoms with Crippen molar-refractivity contribution in [2.75, 3.05) is 0 Å². The molecular weight excluding hydrogens is 208 g/mol. The van der Waals surface area contributed by atoms with Crippen LogP contribution in [0.3, 0.4) is 0 Å². The van der Waals surface area contributed by atoms with Gasteiger partial charge in [0, 0.05) is 5.56 Å². The van der Waals surface area contributed by atoms with E-state index in [1.54, 1.807) is 4.68 Å². The van der Waals surface area contributed by atoms with Crippen LogP contribution in [-0.4, -0.2) is 9.78 Å². The predicted molar refractivity (Wildman–Crippen MR) is 62.8 cm³/mol. The van der Waals surface area contributed by atoms with Gasteiger partial charge in [0.25, 0.3) is 0 Å². The van der Waals surface area contributed by atoms with Crippen molar-refractivity contribution >= 4 is 11.6 Å². The second-order valence-corrected chi connectivity index (χ2v) is 4.06. The summed E-state index contributed by atoms with van der Waals surface area (Å²) in [4.78, 5) is 0. The molecule has 0 atom stereocenters. The van der Waals surface area contributed by atoms with Gasteiger partial charge in [0.2, 0.25) is 0 Å². The summed E-state index contributed by atoms with van der Waals surface area (Å²) in [7, 11) is 0. The highest BCUT2D eigenvalue weighted by molar-refractivity contribution is 6.30. The van der Waals surface area contributed by atoms with Gasteiger partial charge in [-0.15, -0.1) is 0 Å². The fourth-order valence-corrected chi connectivity index (χ4v) is 1.80. The molecule has 15 heavy (non-hydrogen) atoms. The molecular formula is C12H13ClN2. The van der Waals surface area contributed by atoms with Crippen LogP contribution in [0.5, 0.6) is 0 Å². The summed E-state index contributed by atoms with van der Waals surface area (Å²) in [5, 5.41) is 5.12. The SMILES string of the molecule is Cc1ccccc1-n1nc(C)c(C)c1Cl. The van der Waals surface area contributed by atoms with Crippen LogP contribution in [0.4, 0.5) is 0 Å². The third-order valence-corrected chi connectivity index (χ3v) is 3.08. The van der Waals surface area contributed by atoms with Gasteiger partial charge in [0.15, 0.2) is 0 Å². The molecule has 0 aliphatic rings. The highest BCUT2D eigenvalue weighted by Crippen LogP contribution is 2.23. The maximum atomic E-state index is 6.22. The summed E-state index contributed by atoms with van der Waals surface area (Å²) in [6.45, 7) is 6.01. The van der Waals surface area contributed by atoms with E-state index in [0.29, 0.717) is 5.15 Å². The Hall–Kier alpha value is -1.28. The number of rotatable bonds is 1. The first-order valence-electron chi connectivity index (χ1n) is 4.89. The first kappa shape index (κ1) is 10.2. The summed E-state index contributed by atoms with van der Waals surface area (Å²) in [5.74, 6) is 0. The van der Waals surface area contributed by atoms with Crippen molar-refractivity contribution < 1.29 is 0 Å². The molecule has 2 nitrogen and oxygen atoms in total. The van der Waals surface area contributed by atoms with Crippen molar-refractivity contribution in [3.63, 3.8) is 0 Å². The van der Waals surface area contributed by atoms with Crippen LogP contribution < -0.4 is 0 Å². The summed E-state index contributed by atoms with van der Waals surface area (Å²) in [6.07, 6.45) is 0.